The molecule has 0 bridgehead atoms. The number of anilines is 2. The fourth-order valence-corrected chi connectivity index (χ4v) is 1.45. The van der Waals surface area contributed by atoms with E-state index in [0.29, 0.717) is 0 Å². The van der Waals surface area contributed by atoms with E-state index in [-0.39, 0.29) is 24.5 Å². The van der Waals surface area contributed by atoms with Gasteiger partial charge in [-0.25, -0.2) is 9.78 Å². The van der Waals surface area contributed by atoms with Crippen LogP contribution in [0.2, 0.25) is 0 Å². The number of ether oxygens (including phenoxy) is 1. The molecule has 1 amide bonds. The van der Waals surface area contributed by atoms with Crippen molar-refractivity contribution in [1.29, 1.82) is 0 Å². The van der Waals surface area contributed by atoms with Crippen LogP contribution in [0.1, 0.15) is 26.5 Å². The third kappa shape index (κ3) is 6.06. The Morgan fingerprint density at radius 2 is 1.95 bits per heavy atom. The molecule has 124 valence electrons. The van der Waals surface area contributed by atoms with Gasteiger partial charge < -0.3 is 21.1 Å². The van der Waals surface area contributed by atoms with Crippen LogP contribution >= 0.6 is 0 Å². The SMILES string of the molecule is CC(C)(C)OC(=O)NCCNc1cc(C(F)(F)F)ncc1N. The minimum atomic E-state index is -4.54. The predicted molar refractivity (Wildman–Crippen MR) is 76.4 cm³/mol. The van der Waals surface area contributed by atoms with Crippen LogP contribution in [0.3, 0.4) is 0 Å². The van der Waals surface area contributed by atoms with Crippen molar-refractivity contribution in [3.8, 4) is 0 Å². The molecule has 0 saturated carbocycles. The van der Waals surface area contributed by atoms with Crippen molar-refractivity contribution in [3.63, 3.8) is 0 Å². The molecule has 0 aliphatic carbocycles. The zero-order valence-electron chi connectivity index (χ0n) is 12.5. The van der Waals surface area contributed by atoms with Crippen LogP contribution in [0.15, 0.2) is 12.3 Å². The van der Waals surface area contributed by atoms with Crippen molar-refractivity contribution in [2.75, 3.05) is 24.1 Å². The Morgan fingerprint density at radius 3 is 2.50 bits per heavy atom. The van der Waals surface area contributed by atoms with E-state index >= 15 is 0 Å². The Labute approximate surface area is 126 Å². The molecule has 0 saturated heterocycles. The van der Waals surface area contributed by atoms with E-state index in [1.165, 1.54) is 0 Å². The number of amides is 1. The number of alkyl halides is 3. The second-order valence-corrected chi connectivity index (χ2v) is 5.51. The lowest BCUT2D eigenvalue weighted by atomic mass is 10.2. The average Bonchev–Trinajstić information content (AvgIpc) is 2.33. The van der Waals surface area contributed by atoms with Gasteiger partial charge in [-0.1, -0.05) is 0 Å². The van der Waals surface area contributed by atoms with Crippen LogP contribution in [0.5, 0.6) is 0 Å². The summed E-state index contributed by atoms with van der Waals surface area (Å²) in [6.45, 7) is 5.52. The Kier molecular flexibility index (Phi) is 5.45. The largest absolute Gasteiger partial charge is 0.444 e. The number of pyridine rings is 1. The van der Waals surface area contributed by atoms with Gasteiger partial charge in [-0.3, -0.25) is 0 Å². The van der Waals surface area contributed by atoms with Crippen molar-refractivity contribution < 1.29 is 22.7 Å². The molecule has 1 aromatic heterocycles. The van der Waals surface area contributed by atoms with Gasteiger partial charge in [0.15, 0.2) is 0 Å². The van der Waals surface area contributed by atoms with E-state index in [1.54, 1.807) is 20.8 Å². The summed E-state index contributed by atoms with van der Waals surface area (Å²) >= 11 is 0. The number of carbonyl (C=O) groups is 1. The minimum Gasteiger partial charge on any atom is -0.444 e. The molecule has 9 heteroatoms. The summed E-state index contributed by atoms with van der Waals surface area (Å²) in [5.41, 5.74) is 4.09. The third-order valence-electron chi connectivity index (χ3n) is 2.33. The van der Waals surface area contributed by atoms with Crippen LogP contribution < -0.4 is 16.4 Å². The number of aromatic nitrogens is 1. The van der Waals surface area contributed by atoms with Gasteiger partial charge in [0, 0.05) is 13.1 Å². The first-order valence-corrected chi connectivity index (χ1v) is 6.52. The summed E-state index contributed by atoms with van der Waals surface area (Å²) in [5, 5.41) is 5.18. The molecule has 0 spiro atoms. The number of rotatable bonds is 4. The lowest BCUT2D eigenvalue weighted by Crippen LogP contribution is -2.35. The van der Waals surface area contributed by atoms with E-state index in [4.69, 9.17) is 10.5 Å². The Morgan fingerprint density at radius 1 is 1.32 bits per heavy atom. The van der Waals surface area contributed by atoms with E-state index < -0.39 is 23.6 Å². The van der Waals surface area contributed by atoms with Crippen LogP contribution in [-0.2, 0) is 10.9 Å². The molecule has 0 fully saturated rings. The smallest absolute Gasteiger partial charge is 0.433 e. The fourth-order valence-electron chi connectivity index (χ4n) is 1.45. The van der Waals surface area contributed by atoms with Gasteiger partial charge in [0.25, 0.3) is 0 Å². The number of halogens is 3. The molecule has 0 unspecified atom stereocenters. The highest BCUT2D eigenvalue weighted by molar-refractivity contribution is 5.68. The molecule has 22 heavy (non-hydrogen) atoms. The highest BCUT2D eigenvalue weighted by Gasteiger charge is 2.32. The summed E-state index contributed by atoms with van der Waals surface area (Å²) in [4.78, 5) is 14.6. The number of nitrogens with one attached hydrogen (secondary N) is 2. The first-order valence-electron chi connectivity index (χ1n) is 6.52. The van der Waals surface area contributed by atoms with Gasteiger partial charge in [0.05, 0.1) is 17.6 Å². The molecule has 0 aliphatic heterocycles. The summed E-state index contributed by atoms with van der Waals surface area (Å²) in [5.74, 6) is 0. The molecule has 0 atom stereocenters. The summed E-state index contributed by atoms with van der Waals surface area (Å²) in [7, 11) is 0. The Balaban J connectivity index is 2.50. The molecule has 0 aromatic carbocycles. The molecule has 0 aliphatic rings. The van der Waals surface area contributed by atoms with Gasteiger partial charge in [-0.2, -0.15) is 13.2 Å². The highest BCUT2D eigenvalue weighted by atomic mass is 19.4. The maximum absolute atomic E-state index is 12.5. The van der Waals surface area contributed by atoms with Crippen LogP contribution in [0.4, 0.5) is 29.3 Å². The monoisotopic (exact) mass is 320 g/mol. The molecule has 1 aromatic rings. The number of hydrogen-bond donors (Lipinski definition) is 3. The molecular formula is C13H19F3N4O2. The van der Waals surface area contributed by atoms with Crippen molar-refractivity contribution in [3.05, 3.63) is 18.0 Å². The molecular weight excluding hydrogens is 301 g/mol. The summed E-state index contributed by atoms with van der Waals surface area (Å²) in [6.07, 6.45) is -4.21. The lowest BCUT2D eigenvalue weighted by molar-refractivity contribution is -0.141. The summed E-state index contributed by atoms with van der Waals surface area (Å²) < 4.78 is 42.7. The third-order valence-corrected chi connectivity index (χ3v) is 2.33. The van der Waals surface area contributed by atoms with Crippen molar-refractivity contribution >= 4 is 17.5 Å². The quantitative estimate of drug-likeness (QED) is 0.742. The van der Waals surface area contributed by atoms with Crippen LogP contribution in [0, 0.1) is 0 Å². The van der Waals surface area contributed by atoms with Gasteiger partial charge in [0.2, 0.25) is 0 Å². The van der Waals surface area contributed by atoms with E-state index in [9.17, 15) is 18.0 Å². The first kappa shape index (κ1) is 17.9. The van der Waals surface area contributed by atoms with Gasteiger partial charge in [-0.05, 0) is 26.8 Å². The normalized spacial score (nSPS) is 11.9. The lowest BCUT2D eigenvalue weighted by Gasteiger charge is -2.19. The molecule has 6 nitrogen and oxygen atoms in total. The zero-order chi connectivity index (χ0) is 17.0. The molecule has 4 N–H and O–H groups in total. The second-order valence-electron chi connectivity index (χ2n) is 5.51. The Bertz CT molecular complexity index is 527. The van der Waals surface area contributed by atoms with E-state index in [1.807, 2.05) is 0 Å². The second kappa shape index (κ2) is 6.71. The van der Waals surface area contributed by atoms with Crippen molar-refractivity contribution in [2.24, 2.45) is 0 Å². The van der Waals surface area contributed by atoms with Gasteiger partial charge in [-0.15, -0.1) is 0 Å². The van der Waals surface area contributed by atoms with Crippen molar-refractivity contribution in [2.45, 2.75) is 32.5 Å². The number of nitrogens with two attached hydrogens (primary N) is 1. The zero-order valence-corrected chi connectivity index (χ0v) is 12.5. The van der Waals surface area contributed by atoms with Gasteiger partial charge >= 0.3 is 12.3 Å². The molecule has 0 radical (unpaired) electrons. The fraction of sp³-hybridized carbons (Fsp3) is 0.538. The number of hydrogen-bond acceptors (Lipinski definition) is 5. The number of nitrogen functional groups attached to an aromatic ring is 1. The first-order chi connectivity index (χ1) is 9.99. The molecule has 1 heterocycles. The standard InChI is InChI=1S/C13H19F3N4O2/c1-12(2,3)22-11(21)19-5-4-18-9-6-10(13(14,15)16)20-7-8(9)17/h6-7H,4-5,17H2,1-3H3,(H,18,20)(H,19,21). The maximum atomic E-state index is 12.5. The van der Waals surface area contributed by atoms with E-state index in [2.05, 4.69) is 15.6 Å². The number of carbonyl (C=O) groups excluding carboxylic acids is 1. The maximum Gasteiger partial charge on any atom is 0.433 e. The predicted octanol–water partition coefficient (Wildman–Crippen LogP) is 2.62. The van der Waals surface area contributed by atoms with Crippen molar-refractivity contribution in [1.82, 2.24) is 10.3 Å². The van der Waals surface area contributed by atoms with Crippen LogP contribution in [-0.4, -0.2) is 29.8 Å². The topological polar surface area (TPSA) is 89.3 Å². The Hall–Kier alpha value is -2.19. The minimum absolute atomic E-state index is 0.0882. The summed E-state index contributed by atoms with van der Waals surface area (Å²) in [6, 6.07) is 0.822. The number of alkyl carbamates (subject to hydrolysis) is 1. The van der Waals surface area contributed by atoms with E-state index in [0.717, 1.165) is 12.3 Å². The average molecular weight is 320 g/mol. The molecule has 1 rings (SSSR count). The van der Waals surface area contributed by atoms with Crippen LogP contribution in [0.25, 0.3) is 0 Å². The highest BCUT2D eigenvalue weighted by Crippen LogP contribution is 2.30. The number of nitrogens with zero attached hydrogens (tertiary/aromatic N) is 1. The van der Waals surface area contributed by atoms with Gasteiger partial charge in [0.1, 0.15) is 11.3 Å².